The van der Waals surface area contributed by atoms with E-state index in [-0.39, 0.29) is 0 Å². The van der Waals surface area contributed by atoms with E-state index in [9.17, 15) is 0 Å². The summed E-state index contributed by atoms with van der Waals surface area (Å²) in [4.78, 5) is 10.8. The van der Waals surface area contributed by atoms with Crippen LogP contribution in [-0.2, 0) is 0 Å². The van der Waals surface area contributed by atoms with Crippen molar-refractivity contribution >= 4 is 27.4 Å². The number of hydrogen-bond acceptors (Lipinski definition) is 4. The third-order valence-electron chi connectivity index (χ3n) is 4.41. The predicted octanol–water partition coefficient (Wildman–Crippen LogP) is 4.81. The Kier molecular flexibility index (Phi) is 4.20. The maximum Gasteiger partial charge on any atom is 0.138 e. The zero-order valence-corrected chi connectivity index (χ0v) is 13.2. The molecule has 2 atom stereocenters. The fraction of sp³-hybridized carbons (Fsp3) is 0.625. The SMILES string of the molecule is CCNc1nc(C2CCCC(CC)C2)nc2sccc12. The molecule has 0 radical (unpaired) electrons. The summed E-state index contributed by atoms with van der Waals surface area (Å²) in [5.74, 6) is 3.50. The van der Waals surface area contributed by atoms with Gasteiger partial charge in [-0.3, -0.25) is 0 Å². The molecule has 2 aromatic rings. The third kappa shape index (κ3) is 2.66. The third-order valence-corrected chi connectivity index (χ3v) is 5.22. The van der Waals surface area contributed by atoms with Crippen LogP contribution in [0.25, 0.3) is 10.2 Å². The summed E-state index contributed by atoms with van der Waals surface area (Å²) in [6.45, 7) is 5.33. The first-order valence-corrected chi connectivity index (χ1v) is 8.68. The van der Waals surface area contributed by atoms with E-state index < -0.39 is 0 Å². The van der Waals surface area contributed by atoms with Gasteiger partial charge in [0.1, 0.15) is 16.5 Å². The molecule has 1 N–H and O–H groups in total. The molecular formula is C16H23N3S. The second-order valence-corrected chi connectivity index (χ2v) is 6.63. The molecule has 0 saturated heterocycles. The van der Waals surface area contributed by atoms with Crippen LogP contribution in [0.15, 0.2) is 11.4 Å². The molecule has 3 nitrogen and oxygen atoms in total. The van der Waals surface area contributed by atoms with Gasteiger partial charge in [-0.1, -0.05) is 26.2 Å². The molecular weight excluding hydrogens is 266 g/mol. The molecule has 4 heteroatoms. The fourth-order valence-electron chi connectivity index (χ4n) is 3.25. The van der Waals surface area contributed by atoms with Crippen LogP contribution in [0.4, 0.5) is 5.82 Å². The van der Waals surface area contributed by atoms with E-state index in [0.29, 0.717) is 5.92 Å². The molecule has 20 heavy (non-hydrogen) atoms. The normalized spacial score (nSPS) is 23.1. The molecule has 0 aliphatic heterocycles. The molecule has 1 aliphatic rings. The zero-order valence-electron chi connectivity index (χ0n) is 12.4. The molecule has 0 spiro atoms. The molecule has 3 rings (SSSR count). The van der Waals surface area contributed by atoms with Gasteiger partial charge >= 0.3 is 0 Å². The minimum Gasteiger partial charge on any atom is -0.370 e. The number of thiophene rings is 1. The van der Waals surface area contributed by atoms with Crippen molar-refractivity contribution in [2.45, 2.75) is 51.9 Å². The molecule has 2 aromatic heterocycles. The lowest BCUT2D eigenvalue weighted by molar-refractivity contribution is 0.308. The van der Waals surface area contributed by atoms with Gasteiger partial charge < -0.3 is 5.32 Å². The van der Waals surface area contributed by atoms with Crippen LogP contribution < -0.4 is 5.32 Å². The average Bonchev–Trinajstić information content (AvgIpc) is 2.96. The largest absolute Gasteiger partial charge is 0.370 e. The summed E-state index contributed by atoms with van der Waals surface area (Å²) in [6.07, 6.45) is 6.51. The van der Waals surface area contributed by atoms with Crippen LogP contribution in [0.1, 0.15) is 57.7 Å². The van der Waals surface area contributed by atoms with Crippen LogP contribution in [0, 0.1) is 5.92 Å². The maximum atomic E-state index is 4.84. The van der Waals surface area contributed by atoms with E-state index in [1.165, 1.54) is 37.5 Å². The summed E-state index contributed by atoms with van der Waals surface area (Å²) in [5.41, 5.74) is 0. The van der Waals surface area contributed by atoms with Gasteiger partial charge in [0.15, 0.2) is 0 Å². The fourth-order valence-corrected chi connectivity index (χ4v) is 4.02. The lowest BCUT2D eigenvalue weighted by Crippen LogP contribution is -2.16. The molecule has 1 saturated carbocycles. The monoisotopic (exact) mass is 289 g/mol. The van der Waals surface area contributed by atoms with E-state index in [0.717, 1.165) is 28.9 Å². The number of fused-ring (bicyclic) bond motifs is 1. The maximum absolute atomic E-state index is 4.84. The Morgan fingerprint density at radius 1 is 1.30 bits per heavy atom. The lowest BCUT2D eigenvalue weighted by Gasteiger charge is -2.27. The van der Waals surface area contributed by atoms with Crippen molar-refractivity contribution in [2.24, 2.45) is 5.92 Å². The lowest BCUT2D eigenvalue weighted by atomic mass is 9.80. The topological polar surface area (TPSA) is 37.8 Å². The first kappa shape index (κ1) is 13.8. The Bertz CT molecular complexity index is 578. The van der Waals surface area contributed by atoms with E-state index in [2.05, 4.69) is 30.6 Å². The molecule has 2 unspecified atom stereocenters. The van der Waals surface area contributed by atoms with Gasteiger partial charge in [-0.25, -0.2) is 9.97 Å². The van der Waals surface area contributed by atoms with E-state index >= 15 is 0 Å². The van der Waals surface area contributed by atoms with Crippen molar-refractivity contribution in [1.29, 1.82) is 0 Å². The summed E-state index contributed by atoms with van der Waals surface area (Å²) in [7, 11) is 0. The second kappa shape index (κ2) is 6.08. The highest BCUT2D eigenvalue weighted by molar-refractivity contribution is 7.16. The molecule has 1 aliphatic carbocycles. The van der Waals surface area contributed by atoms with Crippen molar-refractivity contribution < 1.29 is 0 Å². The number of hydrogen-bond donors (Lipinski definition) is 1. The zero-order chi connectivity index (χ0) is 13.9. The van der Waals surface area contributed by atoms with Crippen molar-refractivity contribution in [1.82, 2.24) is 9.97 Å². The number of anilines is 1. The highest BCUT2D eigenvalue weighted by Gasteiger charge is 2.25. The Hall–Kier alpha value is -1.16. The van der Waals surface area contributed by atoms with Crippen molar-refractivity contribution in [3.63, 3.8) is 0 Å². The first-order chi connectivity index (χ1) is 9.81. The second-order valence-electron chi connectivity index (χ2n) is 5.74. The number of nitrogens with zero attached hydrogens (tertiary/aromatic N) is 2. The first-order valence-electron chi connectivity index (χ1n) is 7.80. The number of rotatable bonds is 4. The average molecular weight is 289 g/mol. The number of aromatic nitrogens is 2. The highest BCUT2D eigenvalue weighted by atomic mass is 32.1. The van der Waals surface area contributed by atoms with Crippen molar-refractivity contribution in [3.05, 3.63) is 17.3 Å². The van der Waals surface area contributed by atoms with Gasteiger partial charge in [0.25, 0.3) is 0 Å². The predicted molar refractivity (Wildman–Crippen MR) is 86.6 cm³/mol. The van der Waals surface area contributed by atoms with Crippen LogP contribution in [0.2, 0.25) is 0 Å². The minimum atomic E-state index is 0.553. The Balaban J connectivity index is 1.94. The molecule has 1 fully saturated rings. The highest BCUT2D eigenvalue weighted by Crippen LogP contribution is 2.37. The summed E-state index contributed by atoms with van der Waals surface area (Å²) in [5, 5.41) is 6.68. The van der Waals surface area contributed by atoms with Gasteiger partial charge in [0.2, 0.25) is 0 Å². The molecule has 0 bridgehead atoms. The molecule has 2 heterocycles. The quantitative estimate of drug-likeness (QED) is 0.878. The van der Waals surface area contributed by atoms with E-state index in [1.54, 1.807) is 11.3 Å². The Morgan fingerprint density at radius 3 is 3.00 bits per heavy atom. The Labute approximate surface area is 124 Å². The summed E-state index contributed by atoms with van der Waals surface area (Å²) in [6, 6.07) is 2.12. The van der Waals surface area contributed by atoms with Gasteiger partial charge in [-0.15, -0.1) is 11.3 Å². The van der Waals surface area contributed by atoms with Crippen LogP contribution in [0.3, 0.4) is 0 Å². The van der Waals surface area contributed by atoms with Crippen molar-refractivity contribution in [2.75, 3.05) is 11.9 Å². The summed E-state index contributed by atoms with van der Waals surface area (Å²) >= 11 is 1.72. The summed E-state index contributed by atoms with van der Waals surface area (Å²) < 4.78 is 0. The van der Waals surface area contributed by atoms with E-state index in [4.69, 9.17) is 9.97 Å². The minimum absolute atomic E-state index is 0.553. The van der Waals surface area contributed by atoms with Gasteiger partial charge in [0.05, 0.1) is 5.39 Å². The Morgan fingerprint density at radius 2 is 2.20 bits per heavy atom. The molecule has 0 amide bonds. The van der Waals surface area contributed by atoms with Gasteiger partial charge in [0, 0.05) is 12.5 Å². The van der Waals surface area contributed by atoms with Crippen LogP contribution >= 0.6 is 11.3 Å². The standard InChI is InChI=1S/C16H23N3S/c1-3-11-6-5-7-12(10-11)14-18-15(17-4-2)13-8-9-20-16(13)19-14/h8-9,11-12H,3-7,10H2,1-2H3,(H,17,18,19). The van der Waals surface area contributed by atoms with Crippen molar-refractivity contribution in [3.8, 4) is 0 Å². The molecule has 108 valence electrons. The van der Waals surface area contributed by atoms with Gasteiger partial charge in [-0.2, -0.15) is 0 Å². The smallest absolute Gasteiger partial charge is 0.138 e. The van der Waals surface area contributed by atoms with Crippen LogP contribution in [-0.4, -0.2) is 16.5 Å². The van der Waals surface area contributed by atoms with Crippen LogP contribution in [0.5, 0.6) is 0 Å². The molecule has 0 aromatic carbocycles. The number of nitrogens with one attached hydrogen (secondary N) is 1. The van der Waals surface area contributed by atoms with Gasteiger partial charge in [-0.05, 0) is 37.1 Å². The van der Waals surface area contributed by atoms with E-state index in [1.807, 2.05) is 0 Å².